The molecule has 5 heteroatoms. The molecule has 1 aromatic rings. The molecule has 0 heterocycles. The van der Waals surface area contributed by atoms with Crippen LogP contribution in [0.25, 0.3) is 0 Å². The van der Waals surface area contributed by atoms with E-state index in [2.05, 4.69) is 10.2 Å². The van der Waals surface area contributed by atoms with Crippen LogP contribution in [-0.2, 0) is 0 Å². The second kappa shape index (κ2) is 4.04. The van der Waals surface area contributed by atoms with Crippen LogP contribution in [0.1, 0.15) is 5.56 Å². The Hall–Kier alpha value is -1.36. The molecule has 3 nitrogen and oxygen atoms in total. The summed E-state index contributed by atoms with van der Waals surface area (Å²) in [5.74, 6) is 5.24. The number of rotatable bonds is 3. The van der Waals surface area contributed by atoms with Crippen LogP contribution in [0.2, 0.25) is 0 Å². The fourth-order valence-electron chi connectivity index (χ4n) is 0.913. The van der Waals surface area contributed by atoms with Gasteiger partial charge in [0.25, 0.3) is 0 Å². The van der Waals surface area contributed by atoms with Gasteiger partial charge in [-0.3, -0.25) is 5.84 Å². The zero-order valence-electron chi connectivity index (χ0n) is 7.05. The van der Waals surface area contributed by atoms with Gasteiger partial charge in [-0.25, -0.2) is 0 Å². The molecule has 1 aromatic carbocycles. The van der Waals surface area contributed by atoms with E-state index in [1.807, 2.05) is 0 Å². The normalized spacial score (nSPS) is 10.2. The van der Waals surface area contributed by atoms with Gasteiger partial charge >= 0.3 is 6.61 Å². The third-order valence-corrected chi connectivity index (χ3v) is 1.57. The summed E-state index contributed by atoms with van der Waals surface area (Å²) in [6.45, 7) is -1.13. The second-order valence-electron chi connectivity index (χ2n) is 2.50. The topological polar surface area (TPSA) is 47.3 Å². The largest absolute Gasteiger partial charge is 0.434 e. The van der Waals surface area contributed by atoms with Crippen molar-refractivity contribution in [3.63, 3.8) is 0 Å². The lowest BCUT2D eigenvalue weighted by molar-refractivity contribution is -0.0502. The highest BCUT2D eigenvalue weighted by Gasteiger charge is 2.07. The molecule has 0 fully saturated rings. The number of hydrazine groups is 1. The number of anilines is 1. The zero-order valence-corrected chi connectivity index (χ0v) is 7.05. The number of hydrogen-bond donors (Lipinski definition) is 2. The second-order valence-corrected chi connectivity index (χ2v) is 2.50. The summed E-state index contributed by atoms with van der Waals surface area (Å²) in [6, 6.07) is 4.74. The third kappa shape index (κ3) is 2.55. The molecule has 0 atom stereocenters. The number of alkyl halides is 2. The molecule has 0 unspecified atom stereocenters. The van der Waals surface area contributed by atoms with Gasteiger partial charge in [0.2, 0.25) is 0 Å². The maximum Gasteiger partial charge on any atom is 0.387 e. The summed E-state index contributed by atoms with van der Waals surface area (Å²) >= 11 is 0. The van der Waals surface area contributed by atoms with Gasteiger partial charge in [-0.15, -0.1) is 0 Å². The van der Waals surface area contributed by atoms with Gasteiger partial charge in [-0.05, 0) is 18.6 Å². The van der Waals surface area contributed by atoms with E-state index in [1.54, 1.807) is 19.1 Å². The van der Waals surface area contributed by atoms with Crippen molar-refractivity contribution in [1.82, 2.24) is 0 Å². The molecule has 0 spiro atoms. The van der Waals surface area contributed by atoms with Gasteiger partial charge in [0.15, 0.2) is 0 Å². The van der Waals surface area contributed by atoms with Crippen molar-refractivity contribution in [2.75, 3.05) is 5.43 Å². The van der Waals surface area contributed by atoms with Crippen LogP contribution in [0, 0.1) is 6.92 Å². The Morgan fingerprint density at radius 2 is 2.15 bits per heavy atom. The maximum absolute atomic E-state index is 11.9. The summed E-state index contributed by atoms with van der Waals surface area (Å²) in [7, 11) is 0. The summed E-state index contributed by atoms with van der Waals surface area (Å²) < 4.78 is 28.0. The third-order valence-electron chi connectivity index (χ3n) is 1.57. The first kappa shape index (κ1) is 9.73. The van der Waals surface area contributed by atoms with Crippen molar-refractivity contribution in [3.05, 3.63) is 23.8 Å². The van der Waals surface area contributed by atoms with E-state index in [0.717, 1.165) is 0 Å². The van der Waals surface area contributed by atoms with Crippen molar-refractivity contribution >= 4 is 5.69 Å². The van der Waals surface area contributed by atoms with Crippen LogP contribution < -0.4 is 16.0 Å². The minimum Gasteiger partial charge on any atom is -0.434 e. The van der Waals surface area contributed by atoms with E-state index < -0.39 is 6.61 Å². The highest BCUT2D eigenvalue weighted by molar-refractivity contribution is 5.50. The number of benzene rings is 1. The number of hydrogen-bond acceptors (Lipinski definition) is 3. The Morgan fingerprint density at radius 3 is 2.69 bits per heavy atom. The first-order chi connectivity index (χ1) is 6.13. The molecule has 13 heavy (non-hydrogen) atoms. The lowest BCUT2D eigenvalue weighted by atomic mass is 10.2. The lowest BCUT2D eigenvalue weighted by Crippen LogP contribution is -2.08. The molecule has 3 N–H and O–H groups in total. The predicted molar refractivity (Wildman–Crippen MR) is 45.6 cm³/mol. The van der Waals surface area contributed by atoms with E-state index in [0.29, 0.717) is 11.3 Å². The van der Waals surface area contributed by atoms with Crippen LogP contribution >= 0.6 is 0 Å². The molecule has 0 aromatic heterocycles. The first-order valence-corrected chi connectivity index (χ1v) is 3.65. The number of nitrogens with one attached hydrogen (secondary N) is 1. The van der Waals surface area contributed by atoms with Gasteiger partial charge in [0.1, 0.15) is 5.75 Å². The predicted octanol–water partition coefficient (Wildman–Crippen LogP) is 1.88. The van der Waals surface area contributed by atoms with E-state index in [-0.39, 0.29) is 5.75 Å². The number of nitrogens with two attached hydrogens (primary N) is 1. The molecule has 0 aliphatic rings. The standard InChI is InChI=1S/C8H10F2N2O/c1-5-2-3-6(12-11)4-7(5)13-8(9)10/h2-4,8,12H,11H2,1H3. The van der Waals surface area contributed by atoms with Crippen molar-refractivity contribution in [3.8, 4) is 5.75 Å². The Morgan fingerprint density at radius 1 is 1.46 bits per heavy atom. The molecule has 1 rings (SSSR count). The SMILES string of the molecule is Cc1ccc(NN)cc1OC(F)F. The van der Waals surface area contributed by atoms with Crippen molar-refractivity contribution in [1.29, 1.82) is 0 Å². The van der Waals surface area contributed by atoms with Crippen LogP contribution in [0.4, 0.5) is 14.5 Å². The fraction of sp³-hybridized carbons (Fsp3) is 0.250. The first-order valence-electron chi connectivity index (χ1n) is 3.65. The number of aryl methyl sites for hydroxylation is 1. The summed E-state index contributed by atoms with van der Waals surface area (Å²) in [5, 5.41) is 0. The molecule has 0 radical (unpaired) electrons. The Kier molecular flexibility index (Phi) is 3.02. The monoisotopic (exact) mass is 188 g/mol. The maximum atomic E-state index is 11.9. The van der Waals surface area contributed by atoms with Crippen molar-refractivity contribution in [2.24, 2.45) is 5.84 Å². The minimum atomic E-state index is -2.81. The quantitative estimate of drug-likeness (QED) is 0.562. The van der Waals surface area contributed by atoms with Gasteiger partial charge in [0.05, 0.1) is 5.69 Å². The zero-order chi connectivity index (χ0) is 9.84. The lowest BCUT2D eigenvalue weighted by Gasteiger charge is -2.09. The fourth-order valence-corrected chi connectivity index (χ4v) is 0.913. The molecule has 0 aliphatic heterocycles. The van der Waals surface area contributed by atoms with Crippen molar-refractivity contribution < 1.29 is 13.5 Å². The number of halogens is 2. The molecular weight excluding hydrogens is 178 g/mol. The molecule has 72 valence electrons. The Bertz CT molecular complexity index is 291. The molecule has 0 saturated heterocycles. The average Bonchev–Trinajstić information content (AvgIpc) is 2.08. The summed E-state index contributed by atoms with van der Waals surface area (Å²) in [5.41, 5.74) is 3.51. The summed E-state index contributed by atoms with van der Waals surface area (Å²) in [6.07, 6.45) is 0. The van der Waals surface area contributed by atoms with Gasteiger partial charge in [-0.2, -0.15) is 8.78 Å². The Balaban J connectivity index is 2.90. The minimum absolute atomic E-state index is 0.130. The van der Waals surface area contributed by atoms with Crippen LogP contribution in [0.5, 0.6) is 5.75 Å². The summed E-state index contributed by atoms with van der Waals surface area (Å²) in [4.78, 5) is 0. The Labute approximate surface area is 74.5 Å². The van der Waals surface area contributed by atoms with E-state index in [4.69, 9.17) is 5.84 Å². The average molecular weight is 188 g/mol. The van der Waals surface area contributed by atoms with Crippen molar-refractivity contribution in [2.45, 2.75) is 13.5 Å². The van der Waals surface area contributed by atoms with Gasteiger partial charge in [0, 0.05) is 6.07 Å². The van der Waals surface area contributed by atoms with E-state index in [9.17, 15) is 8.78 Å². The van der Waals surface area contributed by atoms with Crippen LogP contribution in [-0.4, -0.2) is 6.61 Å². The molecular formula is C8H10F2N2O. The highest BCUT2D eigenvalue weighted by Crippen LogP contribution is 2.23. The molecule has 0 bridgehead atoms. The van der Waals surface area contributed by atoms with E-state index in [1.165, 1.54) is 6.07 Å². The smallest absolute Gasteiger partial charge is 0.387 e. The van der Waals surface area contributed by atoms with Gasteiger partial charge in [-0.1, -0.05) is 6.07 Å². The molecule has 0 saturated carbocycles. The molecule has 0 amide bonds. The van der Waals surface area contributed by atoms with Gasteiger partial charge < -0.3 is 10.2 Å². The van der Waals surface area contributed by atoms with Crippen LogP contribution in [0.3, 0.4) is 0 Å². The number of nitrogen functional groups attached to an aromatic ring is 1. The molecule has 0 aliphatic carbocycles. The number of ether oxygens (including phenoxy) is 1. The van der Waals surface area contributed by atoms with Crippen LogP contribution in [0.15, 0.2) is 18.2 Å². The highest BCUT2D eigenvalue weighted by atomic mass is 19.3. The van der Waals surface area contributed by atoms with E-state index >= 15 is 0 Å².